The minimum atomic E-state index is 0.201. The summed E-state index contributed by atoms with van der Waals surface area (Å²) in [6.07, 6.45) is 2.53. The van der Waals surface area contributed by atoms with E-state index in [9.17, 15) is 5.11 Å². The fourth-order valence-electron chi connectivity index (χ4n) is 2.36. The molecule has 0 spiro atoms. The lowest BCUT2D eigenvalue weighted by molar-refractivity contribution is 0.147. The van der Waals surface area contributed by atoms with Crippen LogP contribution in [0.1, 0.15) is 30.0 Å². The summed E-state index contributed by atoms with van der Waals surface area (Å²) in [6.45, 7) is 4.57. The molecule has 0 aliphatic carbocycles. The molecule has 0 saturated carbocycles. The summed E-state index contributed by atoms with van der Waals surface area (Å²) in [6, 6.07) is 8.67. The molecule has 1 aromatic rings. The van der Waals surface area contributed by atoms with E-state index in [0.717, 1.165) is 13.1 Å². The van der Waals surface area contributed by atoms with Crippen molar-refractivity contribution in [2.24, 2.45) is 0 Å². The number of hydrogen-bond acceptors (Lipinski definition) is 2. The normalized spacial score (nSPS) is 19.3. The lowest BCUT2D eigenvalue weighted by Crippen LogP contribution is -2.28. The molecule has 1 aliphatic rings. The summed E-state index contributed by atoms with van der Waals surface area (Å²) in [4.78, 5) is 2.38. The van der Waals surface area contributed by atoms with Gasteiger partial charge in [0.15, 0.2) is 0 Å². The molecule has 1 heterocycles. The Morgan fingerprint density at radius 3 is 2.67 bits per heavy atom. The molecule has 2 nitrogen and oxygen atoms in total. The molecule has 15 heavy (non-hydrogen) atoms. The molecule has 0 radical (unpaired) electrons. The maximum Gasteiger partial charge on any atom is 0.0628 e. The predicted octanol–water partition coefficient (Wildman–Crippen LogP) is 2.12. The quantitative estimate of drug-likeness (QED) is 0.817. The molecule has 1 aliphatic heterocycles. The van der Waals surface area contributed by atoms with Crippen LogP contribution in [0.5, 0.6) is 0 Å². The van der Waals surface area contributed by atoms with E-state index >= 15 is 0 Å². The van der Waals surface area contributed by atoms with Gasteiger partial charge in [0.2, 0.25) is 0 Å². The van der Waals surface area contributed by atoms with Crippen LogP contribution < -0.4 is 0 Å². The molecule has 0 bridgehead atoms. The number of rotatable bonds is 3. The highest BCUT2D eigenvalue weighted by Gasteiger charge is 2.22. The lowest BCUT2D eigenvalue weighted by Gasteiger charge is -2.26. The van der Waals surface area contributed by atoms with Gasteiger partial charge in [-0.1, -0.05) is 29.8 Å². The maximum absolute atomic E-state index is 9.49. The molecular formula is C13H19NO. The van der Waals surface area contributed by atoms with E-state index in [2.05, 4.69) is 36.1 Å². The Morgan fingerprint density at radius 1 is 1.33 bits per heavy atom. The molecule has 0 aromatic heterocycles. The van der Waals surface area contributed by atoms with Gasteiger partial charge >= 0.3 is 0 Å². The molecule has 0 unspecified atom stereocenters. The SMILES string of the molecule is Cc1cccc([C@H](CO)N2CCCC2)c1. The van der Waals surface area contributed by atoms with Crippen molar-refractivity contribution >= 4 is 0 Å². The second-order valence-corrected chi connectivity index (χ2v) is 4.36. The van der Waals surface area contributed by atoms with Crippen molar-refractivity contribution in [3.63, 3.8) is 0 Å². The number of aliphatic hydroxyl groups is 1. The zero-order valence-corrected chi connectivity index (χ0v) is 9.32. The van der Waals surface area contributed by atoms with Crippen LogP contribution in [0.15, 0.2) is 24.3 Å². The van der Waals surface area contributed by atoms with E-state index in [4.69, 9.17) is 0 Å². The largest absolute Gasteiger partial charge is 0.394 e. The van der Waals surface area contributed by atoms with Crippen molar-refractivity contribution < 1.29 is 5.11 Å². The van der Waals surface area contributed by atoms with E-state index in [1.54, 1.807) is 0 Å². The predicted molar refractivity (Wildman–Crippen MR) is 61.8 cm³/mol. The summed E-state index contributed by atoms with van der Waals surface area (Å²) in [5.74, 6) is 0. The Balaban J connectivity index is 2.18. The number of aryl methyl sites for hydroxylation is 1. The van der Waals surface area contributed by atoms with Crippen LogP contribution in [0.25, 0.3) is 0 Å². The first-order valence-corrected chi connectivity index (χ1v) is 5.73. The van der Waals surface area contributed by atoms with Gasteiger partial charge in [0.25, 0.3) is 0 Å². The highest BCUT2D eigenvalue weighted by atomic mass is 16.3. The third-order valence-corrected chi connectivity index (χ3v) is 3.18. The van der Waals surface area contributed by atoms with Crippen LogP contribution in [-0.2, 0) is 0 Å². The van der Waals surface area contributed by atoms with E-state index < -0.39 is 0 Å². The fourth-order valence-corrected chi connectivity index (χ4v) is 2.36. The van der Waals surface area contributed by atoms with E-state index in [1.165, 1.54) is 24.0 Å². The lowest BCUT2D eigenvalue weighted by atomic mass is 10.0. The molecule has 1 atom stereocenters. The second-order valence-electron chi connectivity index (χ2n) is 4.36. The van der Waals surface area contributed by atoms with E-state index in [-0.39, 0.29) is 12.6 Å². The molecular weight excluding hydrogens is 186 g/mol. The first-order chi connectivity index (χ1) is 7.31. The average Bonchev–Trinajstić information content (AvgIpc) is 2.72. The van der Waals surface area contributed by atoms with E-state index in [1.807, 2.05) is 0 Å². The Hall–Kier alpha value is -0.860. The summed E-state index contributed by atoms with van der Waals surface area (Å²) in [5, 5.41) is 9.49. The summed E-state index contributed by atoms with van der Waals surface area (Å²) < 4.78 is 0. The van der Waals surface area contributed by atoms with Gasteiger partial charge < -0.3 is 5.11 Å². The molecule has 82 valence electrons. The zero-order chi connectivity index (χ0) is 10.7. The Bertz CT molecular complexity index is 318. The van der Waals surface area contributed by atoms with Gasteiger partial charge in [0.05, 0.1) is 12.6 Å². The summed E-state index contributed by atoms with van der Waals surface area (Å²) >= 11 is 0. The van der Waals surface area contributed by atoms with Gasteiger partial charge in [-0.3, -0.25) is 4.90 Å². The van der Waals surface area contributed by atoms with Crippen molar-refractivity contribution in [3.05, 3.63) is 35.4 Å². The topological polar surface area (TPSA) is 23.5 Å². The molecule has 2 rings (SSSR count). The highest BCUT2D eigenvalue weighted by molar-refractivity contribution is 5.25. The maximum atomic E-state index is 9.49. The van der Waals surface area contributed by atoms with Crippen LogP contribution in [0.3, 0.4) is 0 Å². The first kappa shape index (κ1) is 10.7. The van der Waals surface area contributed by atoms with Crippen LogP contribution >= 0.6 is 0 Å². The van der Waals surface area contributed by atoms with Gasteiger partial charge in [0.1, 0.15) is 0 Å². The van der Waals surface area contributed by atoms with Gasteiger partial charge in [-0.15, -0.1) is 0 Å². The Kier molecular flexibility index (Phi) is 3.39. The van der Waals surface area contributed by atoms with Crippen molar-refractivity contribution in [2.75, 3.05) is 19.7 Å². The zero-order valence-electron chi connectivity index (χ0n) is 9.32. The molecule has 1 aromatic carbocycles. The standard InChI is InChI=1S/C13H19NO/c1-11-5-4-6-12(9-11)13(10-15)14-7-2-3-8-14/h4-6,9,13,15H,2-3,7-8,10H2,1H3/t13-/m0/s1. The van der Waals surface area contributed by atoms with Gasteiger partial charge in [-0.05, 0) is 38.4 Å². The monoisotopic (exact) mass is 205 g/mol. The second kappa shape index (κ2) is 4.77. The Morgan fingerprint density at radius 2 is 2.07 bits per heavy atom. The number of likely N-dealkylation sites (tertiary alicyclic amines) is 1. The summed E-state index contributed by atoms with van der Waals surface area (Å²) in [7, 11) is 0. The van der Waals surface area contributed by atoms with E-state index in [0.29, 0.717) is 0 Å². The highest BCUT2D eigenvalue weighted by Crippen LogP contribution is 2.24. The molecule has 1 saturated heterocycles. The Labute approximate surface area is 91.5 Å². The third kappa shape index (κ3) is 2.39. The number of benzene rings is 1. The summed E-state index contributed by atoms with van der Waals surface area (Å²) in [5.41, 5.74) is 2.52. The average molecular weight is 205 g/mol. The molecule has 1 fully saturated rings. The van der Waals surface area contributed by atoms with Crippen molar-refractivity contribution in [1.29, 1.82) is 0 Å². The molecule has 1 N–H and O–H groups in total. The number of aliphatic hydroxyl groups excluding tert-OH is 1. The van der Waals surface area contributed by atoms with Gasteiger partial charge in [0, 0.05) is 0 Å². The smallest absolute Gasteiger partial charge is 0.0628 e. The van der Waals surface area contributed by atoms with Gasteiger partial charge in [-0.25, -0.2) is 0 Å². The van der Waals surface area contributed by atoms with Crippen LogP contribution in [0.4, 0.5) is 0 Å². The van der Waals surface area contributed by atoms with Crippen LogP contribution in [0, 0.1) is 6.92 Å². The minimum Gasteiger partial charge on any atom is -0.394 e. The van der Waals surface area contributed by atoms with Crippen LogP contribution in [-0.4, -0.2) is 29.7 Å². The van der Waals surface area contributed by atoms with Crippen molar-refractivity contribution in [2.45, 2.75) is 25.8 Å². The van der Waals surface area contributed by atoms with Crippen molar-refractivity contribution in [3.8, 4) is 0 Å². The number of hydrogen-bond donors (Lipinski definition) is 1. The minimum absolute atomic E-state index is 0.201. The number of nitrogens with zero attached hydrogens (tertiary/aromatic N) is 1. The van der Waals surface area contributed by atoms with Crippen molar-refractivity contribution in [1.82, 2.24) is 4.90 Å². The fraction of sp³-hybridized carbons (Fsp3) is 0.538. The first-order valence-electron chi connectivity index (χ1n) is 5.73. The van der Waals surface area contributed by atoms with Crippen LogP contribution in [0.2, 0.25) is 0 Å². The molecule has 0 amide bonds. The van der Waals surface area contributed by atoms with Gasteiger partial charge in [-0.2, -0.15) is 0 Å². The molecule has 2 heteroatoms. The third-order valence-electron chi connectivity index (χ3n) is 3.18.